The Bertz CT molecular complexity index is 671. The predicted octanol–water partition coefficient (Wildman–Crippen LogP) is 2.56. The third-order valence-electron chi connectivity index (χ3n) is 4.58. The number of anilines is 1. The Hall–Kier alpha value is -2.34. The van der Waals surface area contributed by atoms with E-state index >= 15 is 0 Å². The fraction of sp³-hybridized carbons (Fsp3) is 0.444. The van der Waals surface area contributed by atoms with Crippen molar-refractivity contribution in [1.82, 2.24) is 10.1 Å². The molecule has 6 heteroatoms. The highest BCUT2D eigenvalue weighted by atomic mass is 16.5. The van der Waals surface area contributed by atoms with Crippen LogP contribution in [0.5, 0.6) is 0 Å². The molecule has 0 saturated carbocycles. The molecule has 0 aliphatic carbocycles. The number of methoxy groups -OCH3 is 1. The Kier molecular flexibility index (Phi) is 5.15. The zero-order valence-corrected chi connectivity index (χ0v) is 14.1. The highest BCUT2D eigenvalue weighted by molar-refractivity contribution is 5.89. The van der Waals surface area contributed by atoms with Crippen LogP contribution in [0.3, 0.4) is 0 Å². The predicted molar refractivity (Wildman–Crippen MR) is 91.0 cm³/mol. The number of aromatic nitrogens is 1. The van der Waals surface area contributed by atoms with Gasteiger partial charge in [0.2, 0.25) is 0 Å². The summed E-state index contributed by atoms with van der Waals surface area (Å²) in [6, 6.07) is 10.9. The molecule has 1 unspecified atom stereocenters. The van der Waals surface area contributed by atoms with Gasteiger partial charge in [0, 0.05) is 24.8 Å². The minimum absolute atomic E-state index is 0.398. The number of nitrogens with zero attached hydrogens (tertiary/aromatic N) is 3. The molecule has 1 aromatic carbocycles. The molecule has 0 radical (unpaired) electrons. The summed E-state index contributed by atoms with van der Waals surface area (Å²) in [4.78, 5) is 16.4. The van der Waals surface area contributed by atoms with Crippen LogP contribution < -0.4 is 4.90 Å². The van der Waals surface area contributed by atoms with Crippen LogP contribution in [0, 0.1) is 0 Å². The highest BCUT2D eigenvalue weighted by Crippen LogP contribution is 2.23. The molecule has 2 heterocycles. The van der Waals surface area contributed by atoms with Crippen LogP contribution in [0.4, 0.5) is 5.69 Å². The minimum Gasteiger partial charge on any atom is -0.465 e. The summed E-state index contributed by atoms with van der Waals surface area (Å²) in [6.07, 6.45) is 3.69. The molecular formula is C18H23N3O3. The van der Waals surface area contributed by atoms with Gasteiger partial charge in [-0.05, 0) is 32.0 Å². The van der Waals surface area contributed by atoms with Gasteiger partial charge in [-0.3, -0.25) is 4.90 Å². The van der Waals surface area contributed by atoms with Crippen molar-refractivity contribution in [3.8, 4) is 0 Å². The molecule has 0 N–H and O–H groups in total. The first-order chi connectivity index (χ1) is 11.7. The second-order valence-corrected chi connectivity index (χ2v) is 6.15. The summed E-state index contributed by atoms with van der Waals surface area (Å²) in [5.41, 5.74) is 1.66. The number of piperidine rings is 1. The molecule has 0 bridgehead atoms. The van der Waals surface area contributed by atoms with Gasteiger partial charge in [-0.25, -0.2) is 4.79 Å². The van der Waals surface area contributed by atoms with Gasteiger partial charge in [0.15, 0.2) is 5.76 Å². The summed E-state index contributed by atoms with van der Waals surface area (Å²) in [5.74, 6) is 0.149. The lowest BCUT2D eigenvalue weighted by molar-refractivity contribution is 0.0595. The maximum Gasteiger partial charge on any atom is 0.343 e. The fourth-order valence-corrected chi connectivity index (χ4v) is 3.20. The molecule has 128 valence electrons. The van der Waals surface area contributed by atoms with Gasteiger partial charge < -0.3 is 14.2 Å². The largest absolute Gasteiger partial charge is 0.465 e. The number of benzene rings is 1. The molecule has 1 aliphatic rings. The van der Waals surface area contributed by atoms with E-state index in [-0.39, 0.29) is 0 Å². The summed E-state index contributed by atoms with van der Waals surface area (Å²) in [6.45, 7) is 2.57. The van der Waals surface area contributed by atoms with Crippen LogP contribution in [-0.2, 0) is 11.3 Å². The van der Waals surface area contributed by atoms with Crippen LogP contribution in [0.2, 0.25) is 0 Å². The molecule has 6 nitrogen and oxygen atoms in total. The first-order valence-electron chi connectivity index (χ1n) is 8.21. The van der Waals surface area contributed by atoms with Crippen molar-refractivity contribution >= 4 is 11.7 Å². The SMILES string of the molecule is COC(=O)c1cnoc1CN(C)C1CCCN(c2ccccc2)C1. The third kappa shape index (κ3) is 3.59. The van der Waals surface area contributed by atoms with E-state index in [0.29, 0.717) is 23.9 Å². The maximum absolute atomic E-state index is 11.7. The third-order valence-corrected chi connectivity index (χ3v) is 4.58. The van der Waals surface area contributed by atoms with E-state index in [0.717, 1.165) is 25.9 Å². The number of carbonyl (C=O) groups excluding carboxylic acids is 1. The molecular weight excluding hydrogens is 306 g/mol. The van der Waals surface area contributed by atoms with Crippen LogP contribution in [0.25, 0.3) is 0 Å². The Labute approximate surface area is 142 Å². The van der Waals surface area contributed by atoms with E-state index < -0.39 is 5.97 Å². The van der Waals surface area contributed by atoms with Crippen LogP contribution in [-0.4, -0.2) is 49.3 Å². The molecule has 1 atom stereocenters. The van der Waals surface area contributed by atoms with E-state index in [2.05, 4.69) is 46.3 Å². The van der Waals surface area contributed by atoms with E-state index in [4.69, 9.17) is 9.26 Å². The summed E-state index contributed by atoms with van der Waals surface area (Å²) in [7, 11) is 3.42. The topological polar surface area (TPSA) is 58.8 Å². The first-order valence-corrected chi connectivity index (χ1v) is 8.21. The second kappa shape index (κ2) is 7.49. The van der Waals surface area contributed by atoms with E-state index in [1.54, 1.807) is 0 Å². The average Bonchev–Trinajstić information content (AvgIpc) is 3.10. The molecule has 1 aliphatic heterocycles. The summed E-state index contributed by atoms with van der Waals surface area (Å²) < 4.78 is 10.0. The van der Waals surface area contributed by atoms with Gasteiger partial charge in [0.25, 0.3) is 0 Å². The lowest BCUT2D eigenvalue weighted by Gasteiger charge is -2.38. The minimum atomic E-state index is -0.408. The van der Waals surface area contributed by atoms with Gasteiger partial charge in [0.1, 0.15) is 5.56 Å². The smallest absolute Gasteiger partial charge is 0.343 e. The Morgan fingerprint density at radius 1 is 1.42 bits per heavy atom. The van der Waals surface area contributed by atoms with E-state index in [1.807, 2.05) is 6.07 Å². The summed E-state index contributed by atoms with van der Waals surface area (Å²) in [5, 5.41) is 3.74. The Balaban J connectivity index is 1.66. The second-order valence-electron chi connectivity index (χ2n) is 6.15. The zero-order valence-electron chi connectivity index (χ0n) is 14.1. The quantitative estimate of drug-likeness (QED) is 0.786. The molecule has 3 rings (SSSR count). The van der Waals surface area contributed by atoms with E-state index in [9.17, 15) is 4.79 Å². The molecule has 24 heavy (non-hydrogen) atoms. The van der Waals surface area contributed by atoms with Gasteiger partial charge in [0.05, 0.1) is 19.9 Å². The monoisotopic (exact) mass is 329 g/mol. The van der Waals surface area contributed by atoms with Crippen LogP contribution in [0.15, 0.2) is 41.1 Å². The highest BCUT2D eigenvalue weighted by Gasteiger charge is 2.26. The zero-order chi connectivity index (χ0) is 16.9. The van der Waals surface area contributed by atoms with Gasteiger partial charge in [-0.2, -0.15) is 0 Å². The number of hydrogen-bond donors (Lipinski definition) is 0. The number of hydrogen-bond acceptors (Lipinski definition) is 6. The van der Waals surface area contributed by atoms with Gasteiger partial charge >= 0.3 is 5.97 Å². The van der Waals surface area contributed by atoms with Crippen molar-refractivity contribution in [3.63, 3.8) is 0 Å². The van der Waals surface area contributed by atoms with Crippen molar-refractivity contribution in [2.75, 3.05) is 32.1 Å². The number of carbonyl (C=O) groups is 1. The van der Waals surface area contributed by atoms with Crippen molar-refractivity contribution in [3.05, 3.63) is 47.9 Å². The standard InChI is InChI=1S/C18H23N3O3/c1-20(13-17-16(11-19-24-17)18(22)23-2)15-9-6-10-21(12-15)14-7-4-3-5-8-14/h3-5,7-8,11,15H,6,9-10,12-13H2,1-2H3. The molecule has 1 saturated heterocycles. The maximum atomic E-state index is 11.7. The lowest BCUT2D eigenvalue weighted by Crippen LogP contribution is -2.46. The summed E-state index contributed by atoms with van der Waals surface area (Å²) >= 11 is 0. The normalized spacial score (nSPS) is 18.0. The van der Waals surface area contributed by atoms with Crippen LogP contribution in [0.1, 0.15) is 29.0 Å². The number of para-hydroxylation sites is 1. The van der Waals surface area contributed by atoms with Crippen molar-refractivity contribution in [1.29, 1.82) is 0 Å². The molecule has 0 spiro atoms. The van der Waals surface area contributed by atoms with Crippen LogP contribution >= 0.6 is 0 Å². The Morgan fingerprint density at radius 3 is 2.96 bits per heavy atom. The number of rotatable bonds is 5. The molecule has 0 amide bonds. The van der Waals surface area contributed by atoms with Crippen molar-refractivity contribution in [2.45, 2.75) is 25.4 Å². The number of esters is 1. The van der Waals surface area contributed by atoms with Gasteiger partial charge in [-0.1, -0.05) is 23.4 Å². The molecule has 1 aromatic heterocycles. The average molecular weight is 329 g/mol. The van der Waals surface area contributed by atoms with Crippen molar-refractivity contribution < 1.29 is 14.1 Å². The lowest BCUT2D eigenvalue weighted by atomic mass is 10.0. The first kappa shape index (κ1) is 16.5. The molecule has 1 fully saturated rings. The fourth-order valence-electron chi connectivity index (χ4n) is 3.20. The number of likely N-dealkylation sites (N-methyl/N-ethyl adjacent to an activating group) is 1. The van der Waals surface area contributed by atoms with E-state index in [1.165, 1.54) is 19.0 Å². The molecule has 2 aromatic rings. The van der Waals surface area contributed by atoms with Crippen molar-refractivity contribution in [2.24, 2.45) is 0 Å². The number of ether oxygens (including phenoxy) is 1. The van der Waals surface area contributed by atoms with Gasteiger partial charge in [-0.15, -0.1) is 0 Å². The Morgan fingerprint density at radius 2 is 2.21 bits per heavy atom.